The zero-order chi connectivity index (χ0) is 38.1. The number of rotatable bonds is 9. The maximum atomic E-state index is 13.1. The summed E-state index contributed by atoms with van der Waals surface area (Å²) < 4.78 is 8.20. The molecule has 15 heteroatoms. The first kappa shape index (κ1) is 36.7. The van der Waals surface area contributed by atoms with E-state index >= 15 is 0 Å². The molecule has 3 aliphatic heterocycles. The first-order chi connectivity index (χ1) is 26.6. The van der Waals surface area contributed by atoms with E-state index in [4.69, 9.17) is 26.7 Å². The van der Waals surface area contributed by atoms with E-state index < -0.39 is 0 Å². The lowest BCUT2D eigenvalue weighted by molar-refractivity contribution is -0.120. The SMILES string of the molecule is CC1(CN2CCC(n3ncc4c(N5CCC(=O)NC5=O)cccc43)CC2)CCN(c2ccc(C(=O)N[C@H]3CC[C@H](Oc4ccc(C#N)c(Cl)c4)CC3)nn2)C1. The van der Waals surface area contributed by atoms with Gasteiger partial charge in [0.1, 0.15) is 11.8 Å². The van der Waals surface area contributed by atoms with Crippen molar-refractivity contribution in [1.82, 2.24) is 35.5 Å². The van der Waals surface area contributed by atoms with Crippen molar-refractivity contribution < 1.29 is 19.1 Å². The van der Waals surface area contributed by atoms with Gasteiger partial charge >= 0.3 is 6.03 Å². The number of carbonyl (C=O) groups is 3. The van der Waals surface area contributed by atoms with Crippen molar-refractivity contribution in [3.05, 3.63) is 71.0 Å². The summed E-state index contributed by atoms with van der Waals surface area (Å²) in [7, 11) is 0. The average Bonchev–Trinajstić information content (AvgIpc) is 3.80. The number of piperidine rings is 1. The van der Waals surface area contributed by atoms with Crippen LogP contribution in [0, 0.1) is 16.7 Å². The number of likely N-dealkylation sites (tertiary alicyclic amines) is 1. The molecule has 0 radical (unpaired) electrons. The van der Waals surface area contributed by atoms with Crippen LogP contribution in [0.2, 0.25) is 5.02 Å². The van der Waals surface area contributed by atoms with Crippen LogP contribution >= 0.6 is 11.6 Å². The Morgan fingerprint density at radius 3 is 2.58 bits per heavy atom. The number of ether oxygens (including phenoxy) is 1. The molecule has 1 saturated carbocycles. The number of fused-ring (bicyclic) bond motifs is 1. The Morgan fingerprint density at radius 2 is 1.85 bits per heavy atom. The maximum absolute atomic E-state index is 13.1. The monoisotopic (exact) mass is 764 g/mol. The van der Waals surface area contributed by atoms with Crippen molar-refractivity contribution in [2.75, 3.05) is 49.1 Å². The van der Waals surface area contributed by atoms with Crippen molar-refractivity contribution >= 4 is 51.9 Å². The second kappa shape index (κ2) is 15.5. The summed E-state index contributed by atoms with van der Waals surface area (Å²) >= 11 is 6.15. The summed E-state index contributed by atoms with van der Waals surface area (Å²) in [5, 5.41) is 29.5. The number of carbonyl (C=O) groups excluding carboxylic acids is 3. The van der Waals surface area contributed by atoms with E-state index in [0.717, 1.165) is 100 Å². The summed E-state index contributed by atoms with van der Waals surface area (Å²) in [5.41, 5.74) is 2.62. The van der Waals surface area contributed by atoms with E-state index in [1.54, 1.807) is 29.2 Å². The quantitative estimate of drug-likeness (QED) is 0.224. The molecule has 14 nitrogen and oxygen atoms in total. The molecule has 3 saturated heterocycles. The van der Waals surface area contributed by atoms with Crippen LogP contribution < -0.4 is 25.2 Å². The van der Waals surface area contributed by atoms with Gasteiger partial charge in [0.25, 0.3) is 5.91 Å². The second-order valence-electron chi connectivity index (χ2n) is 15.6. The minimum Gasteiger partial charge on any atom is -0.490 e. The molecule has 1 aliphatic carbocycles. The van der Waals surface area contributed by atoms with Crippen LogP contribution in [0.25, 0.3) is 10.9 Å². The van der Waals surface area contributed by atoms with E-state index in [1.807, 2.05) is 24.4 Å². The van der Waals surface area contributed by atoms with Gasteiger partial charge in [-0.05, 0) is 86.8 Å². The van der Waals surface area contributed by atoms with Crippen molar-refractivity contribution in [3.8, 4) is 11.8 Å². The molecule has 1 atom stereocenters. The lowest BCUT2D eigenvalue weighted by Crippen LogP contribution is -2.49. The Hall–Kier alpha value is -5.26. The molecule has 1 unspecified atom stereocenters. The third-order valence-corrected chi connectivity index (χ3v) is 11.9. The van der Waals surface area contributed by atoms with Crippen LogP contribution in [-0.4, -0.2) is 94.1 Å². The summed E-state index contributed by atoms with van der Waals surface area (Å²) in [5.74, 6) is 0.979. The molecule has 2 aromatic carbocycles. The standard InChI is InChI=1S/C40H45ClN10O4/c1-40(24-48-17-13-28(14-18-48)51-35-4-2-3-34(31(35)23-43-51)50-19-15-37(52)45-39(50)54)16-20-49(25-40)36-12-11-33(46-47-36)38(53)44-27-6-9-29(10-7-27)55-30-8-5-26(22-42)32(41)21-30/h2-5,8,11-12,21,23,27-29H,6-7,9-10,13-20,24-25H2,1H3,(H,44,53)(H,45,52,54)/t27-,29-,40?. The van der Waals surface area contributed by atoms with Gasteiger partial charge in [-0.2, -0.15) is 10.4 Å². The molecule has 4 amide bonds. The smallest absolute Gasteiger partial charge is 0.328 e. The van der Waals surface area contributed by atoms with Gasteiger partial charge < -0.3 is 19.9 Å². The molecular formula is C40H45ClN10O4. The highest BCUT2D eigenvalue weighted by Crippen LogP contribution is 2.36. The lowest BCUT2D eigenvalue weighted by Gasteiger charge is -2.37. The second-order valence-corrected chi connectivity index (χ2v) is 16.0. The Balaban J connectivity index is 0.795. The van der Waals surface area contributed by atoms with Crippen molar-refractivity contribution in [2.24, 2.45) is 5.41 Å². The molecule has 4 aliphatic rings. The molecule has 4 aromatic rings. The van der Waals surface area contributed by atoms with Gasteiger partial charge in [-0.1, -0.05) is 24.6 Å². The zero-order valence-corrected chi connectivity index (χ0v) is 31.7. The van der Waals surface area contributed by atoms with Crippen LogP contribution in [0.1, 0.15) is 80.4 Å². The van der Waals surface area contributed by atoms with E-state index in [2.05, 4.69) is 54.4 Å². The number of amides is 4. The van der Waals surface area contributed by atoms with Gasteiger partial charge in [0.15, 0.2) is 11.5 Å². The largest absolute Gasteiger partial charge is 0.490 e. The van der Waals surface area contributed by atoms with Gasteiger partial charge in [0, 0.05) is 63.2 Å². The Labute approximate surface area is 324 Å². The van der Waals surface area contributed by atoms with Crippen LogP contribution in [0.15, 0.2) is 54.7 Å². The van der Waals surface area contributed by atoms with E-state index in [-0.39, 0.29) is 47.9 Å². The fourth-order valence-corrected chi connectivity index (χ4v) is 8.85. The molecule has 55 heavy (non-hydrogen) atoms. The molecule has 0 spiro atoms. The van der Waals surface area contributed by atoms with Crippen LogP contribution in [-0.2, 0) is 4.79 Å². The molecule has 2 aromatic heterocycles. The van der Waals surface area contributed by atoms with E-state index in [1.165, 1.54) is 0 Å². The Morgan fingerprint density at radius 1 is 1.04 bits per heavy atom. The highest BCUT2D eigenvalue weighted by molar-refractivity contribution is 6.31. The van der Waals surface area contributed by atoms with Crippen molar-refractivity contribution in [1.29, 1.82) is 5.26 Å². The highest BCUT2D eigenvalue weighted by atomic mass is 35.5. The normalized spacial score (nSPS) is 23.8. The highest BCUT2D eigenvalue weighted by Gasteiger charge is 2.37. The number of aromatic nitrogens is 4. The molecule has 286 valence electrons. The average molecular weight is 765 g/mol. The molecule has 4 fully saturated rings. The summed E-state index contributed by atoms with van der Waals surface area (Å²) in [6.45, 7) is 7.40. The number of hydrogen-bond acceptors (Lipinski definition) is 10. The molecule has 2 N–H and O–H groups in total. The number of hydrogen-bond donors (Lipinski definition) is 2. The first-order valence-corrected chi connectivity index (χ1v) is 19.6. The number of urea groups is 1. The Kier molecular flexibility index (Phi) is 10.3. The number of anilines is 2. The molecule has 8 rings (SSSR count). The van der Waals surface area contributed by atoms with Crippen molar-refractivity contribution in [2.45, 2.75) is 76.5 Å². The van der Waals surface area contributed by atoms with Gasteiger partial charge in [0.05, 0.1) is 40.1 Å². The van der Waals surface area contributed by atoms with Crippen molar-refractivity contribution in [3.63, 3.8) is 0 Å². The third kappa shape index (κ3) is 7.95. The summed E-state index contributed by atoms with van der Waals surface area (Å²) in [4.78, 5) is 43.8. The fraction of sp³-hybridized carbons (Fsp3) is 0.475. The molecule has 5 heterocycles. The number of nitriles is 1. The maximum Gasteiger partial charge on any atom is 0.328 e. The van der Waals surface area contributed by atoms with E-state index in [9.17, 15) is 14.4 Å². The van der Waals surface area contributed by atoms with Gasteiger partial charge in [-0.25, -0.2) is 4.79 Å². The third-order valence-electron chi connectivity index (χ3n) is 11.6. The predicted octanol–water partition coefficient (Wildman–Crippen LogP) is 5.47. The van der Waals surface area contributed by atoms with Crippen LogP contribution in [0.4, 0.5) is 16.3 Å². The number of nitrogens with zero attached hydrogens (tertiary/aromatic N) is 8. The first-order valence-electron chi connectivity index (χ1n) is 19.2. The minimum atomic E-state index is -0.387. The van der Waals surface area contributed by atoms with Crippen LogP contribution in [0.5, 0.6) is 5.75 Å². The molecule has 0 bridgehead atoms. The van der Waals surface area contributed by atoms with Gasteiger partial charge in [-0.15, -0.1) is 10.2 Å². The number of halogens is 1. The van der Waals surface area contributed by atoms with Gasteiger partial charge in [0.2, 0.25) is 5.91 Å². The topological polar surface area (TPSA) is 162 Å². The number of nitrogens with one attached hydrogen (secondary N) is 2. The van der Waals surface area contributed by atoms with E-state index in [0.29, 0.717) is 28.6 Å². The number of benzene rings is 2. The van der Waals surface area contributed by atoms with Gasteiger partial charge in [-0.3, -0.25) is 24.5 Å². The predicted molar refractivity (Wildman–Crippen MR) is 207 cm³/mol. The number of imide groups is 1. The minimum absolute atomic E-state index is 0.0273. The lowest BCUT2D eigenvalue weighted by atomic mass is 9.88. The van der Waals surface area contributed by atoms with Crippen LogP contribution in [0.3, 0.4) is 0 Å². The zero-order valence-electron chi connectivity index (χ0n) is 30.9. The Bertz CT molecular complexity index is 2120. The fourth-order valence-electron chi connectivity index (χ4n) is 8.64. The summed E-state index contributed by atoms with van der Waals surface area (Å²) in [6, 6.07) is 16.7. The summed E-state index contributed by atoms with van der Waals surface area (Å²) in [6.07, 6.45) is 8.35. The molecular weight excluding hydrogens is 720 g/mol.